The highest BCUT2D eigenvalue weighted by Crippen LogP contribution is 2.06. The smallest absolute Gasteiger partial charge is 0.251 e. The second kappa shape index (κ2) is 14.5. The van der Waals surface area contributed by atoms with Gasteiger partial charge in [-0.1, -0.05) is 17.2 Å². The molecule has 1 amide bonds. The number of hydrogen-bond donors (Lipinski definition) is 3. The molecule has 0 saturated carbocycles. The van der Waals surface area contributed by atoms with Gasteiger partial charge in [-0.25, -0.2) is 0 Å². The second-order valence-electron chi connectivity index (χ2n) is 5.36. The highest BCUT2D eigenvalue weighted by Gasteiger charge is 2.14. The van der Waals surface area contributed by atoms with E-state index in [0.717, 1.165) is 0 Å². The third kappa shape index (κ3) is 9.97. The summed E-state index contributed by atoms with van der Waals surface area (Å²) in [5.41, 5.74) is 8.52. The maximum Gasteiger partial charge on any atom is 0.251 e. The van der Waals surface area contributed by atoms with E-state index >= 15 is 0 Å². The zero-order valence-electron chi connectivity index (χ0n) is 15.3. The lowest BCUT2D eigenvalue weighted by atomic mass is 10.1. The van der Waals surface area contributed by atoms with Crippen molar-refractivity contribution in [3.05, 3.63) is 45.8 Å². The summed E-state index contributed by atoms with van der Waals surface area (Å²) >= 11 is 0. The molecule has 0 atom stereocenters. The van der Waals surface area contributed by atoms with Crippen molar-refractivity contribution in [2.45, 2.75) is 6.29 Å². The van der Waals surface area contributed by atoms with Crippen LogP contribution in [0.2, 0.25) is 0 Å². The minimum Gasteiger partial charge on any atom is -0.379 e. The number of aliphatic hydroxyl groups is 2. The molecule has 0 bridgehead atoms. The average Bonchev–Trinajstić information content (AvgIpc) is 2.70. The zero-order valence-corrected chi connectivity index (χ0v) is 15.3. The summed E-state index contributed by atoms with van der Waals surface area (Å²) in [7, 11) is 0. The number of carbonyl (C=O) groups is 2. The number of ketones is 1. The van der Waals surface area contributed by atoms with Crippen LogP contribution in [0.1, 0.15) is 20.7 Å². The molecule has 0 fully saturated rings. The van der Waals surface area contributed by atoms with Crippen LogP contribution in [-0.4, -0.2) is 80.9 Å². The third-order valence-electron chi connectivity index (χ3n) is 3.34. The Hall–Kier alpha value is -2.53. The van der Waals surface area contributed by atoms with Gasteiger partial charge in [0.25, 0.3) is 5.91 Å². The van der Waals surface area contributed by atoms with Gasteiger partial charge in [-0.3, -0.25) is 9.59 Å². The molecule has 1 aromatic rings. The Morgan fingerprint density at radius 3 is 2.07 bits per heavy atom. The predicted octanol–water partition coefficient (Wildman–Crippen LogP) is 0.270. The third-order valence-corrected chi connectivity index (χ3v) is 3.34. The molecule has 154 valence electrons. The topological polar surface area (TPSA) is 163 Å². The molecule has 0 heterocycles. The van der Waals surface area contributed by atoms with Gasteiger partial charge in [0, 0.05) is 29.1 Å². The first-order valence-electron chi connectivity index (χ1n) is 8.59. The van der Waals surface area contributed by atoms with E-state index < -0.39 is 12.1 Å². The fourth-order valence-electron chi connectivity index (χ4n) is 1.97. The van der Waals surface area contributed by atoms with Gasteiger partial charge in [-0.05, 0) is 17.7 Å². The molecule has 0 spiro atoms. The number of nitrogens with zero attached hydrogens (tertiary/aromatic N) is 3. The number of ether oxygens (including phenoxy) is 3. The predicted molar refractivity (Wildman–Crippen MR) is 97.8 cm³/mol. The first kappa shape index (κ1) is 23.5. The number of amides is 1. The van der Waals surface area contributed by atoms with Crippen molar-refractivity contribution in [2.75, 3.05) is 52.7 Å². The minimum absolute atomic E-state index is 0.107. The summed E-state index contributed by atoms with van der Waals surface area (Å²) in [5, 5.41) is 23.6. The maximum atomic E-state index is 11.9. The fourth-order valence-corrected chi connectivity index (χ4v) is 1.97. The molecule has 0 aliphatic heterocycles. The van der Waals surface area contributed by atoms with Gasteiger partial charge < -0.3 is 29.7 Å². The van der Waals surface area contributed by atoms with E-state index in [-0.39, 0.29) is 11.5 Å². The maximum absolute atomic E-state index is 11.9. The Kier molecular flexibility index (Phi) is 12.2. The molecule has 28 heavy (non-hydrogen) atoms. The first-order valence-corrected chi connectivity index (χ1v) is 8.59. The average molecular weight is 396 g/mol. The van der Waals surface area contributed by atoms with E-state index in [2.05, 4.69) is 15.3 Å². The van der Waals surface area contributed by atoms with Gasteiger partial charge >= 0.3 is 0 Å². The lowest BCUT2D eigenvalue weighted by Gasteiger charge is -2.08. The van der Waals surface area contributed by atoms with Crippen molar-refractivity contribution in [1.82, 2.24) is 5.32 Å². The number of aliphatic hydroxyl groups excluding tert-OH is 1. The van der Waals surface area contributed by atoms with Crippen molar-refractivity contribution >= 4 is 11.7 Å². The number of rotatable bonds is 15. The number of azide groups is 1. The minimum atomic E-state index is -2.07. The summed E-state index contributed by atoms with van der Waals surface area (Å²) in [6, 6.07) is 5.55. The molecular weight excluding hydrogens is 372 g/mol. The second-order valence-corrected chi connectivity index (χ2v) is 5.36. The van der Waals surface area contributed by atoms with E-state index in [1.54, 1.807) is 0 Å². The number of nitrogens with one attached hydrogen (secondary N) is 1. The van der Waals surface area contributed by atoms with Crippen molar-refractivity contribution in [3.8, 4) is 0 Å². The molecular formula is C17H24N4O7. The molecule has 11 nitrogen and oxygen atoms in total. The van der Waals surface area contributed by atoms with Crippen molar-refractivity contribution in [2.24, 2.45) is 5.11 Å². The van der Waals surface area contributed by atoms with E-state index in [4.69, 9.17) is 30.0 Å². The number of hydrogen-bond acceptors (Lipinski definition) is 8. The highest BCUT2D eigenvalue weighted by molar-refractivity contribution is 6.00. The van der Waals surface area contributed by atoms with Gasteiger partial charge in [-0.2, -0.15) is 0 Å². The van der Waals surface area contributed by atoms with Crippen LogP contribution in [0.5, 0.6) is 0 Å². The molecule has 1 aromatic carbocycles. The Morgan fingerprint density at radius 2 is 1.50 bits per heavy atom. The van der Waals surface area contributed by atoms with E-state index in [1.165, 1.54) is 24.3 Å². The Balaban J connectivity index is 2.05. The summed E-state index contributed by atoms with van der Waals surface area (Å²) in [6.07, 6.45) is -2.07. The summed E-state index contributed by atoms with van der Waals surface area (Å²) < 4.78 is 15.8. The highest BCUT2D eigenvalue weighted by atomic mass is 16.5. The Bertz CT molecular complexity index is 645. The van der Waals surface area contributed by atoms with Crippen LogP contribution in [0.4, 0.5) is 0 Å². The van der Waals surface area contributed by atoms with E-state index in [1.807, 2.05) is 0 Å². The monoisotopic (exact) mass is 396 g/mol. The van der Waals surface area contributed by atoms with Gasteiger partial charge in [0.05, 0.1) is 39.6 Å². The molecule has 0 unspecified atom stereocenters. The molecule has 0 saturated heterocycles. The van der Waals surface area contributed by atoms with Crippen LogP contribution >= 0.6 is 0 Å². The van der Waals surface area contributed by atoms with E-state index in [9.17, 15) is 9.59 Å². The molecule has 0 aliphatic carbocycles. The lowest BCUT2D eigenvalue weighted by molar-refractivity contribution is -0.0195. The molecule has 0 aromatic heterocycles. The van der Waals surface area contributed by atoms with Crippen LogP contribution in [-0.2, 0) is 14.2 Å². The number of benzene rings is 1. The van der Waals surface area contributed by atoms with Crippen LogP contribution in [0, 0.1) is 0 Å². The molecule has 3 N–H and O–H groups in total. The van der Waals surface area contributed by atoms with Gasteiger partial charge in [-0.15, -0.1) is 0 Å². The molecule has 0 aliphatic rings. The van der Waals surface area contributed by atoms with Crippen LogP contribution < -0.4 is 5.32 Å². The first-order chi connectivity index (χ1) is 13.6. The largest absolute Gasteiger partial charge is 0.379 e. The quantitative estimate of drug-likeness (QED) is 0.0956. The zero-order chi connectivity index (χ0) is 20.6. The Morgan fingerprint density at radius 1 is 0.964 bits per heavy atom. The fraction of sp³-hybridized carbons (Fsp3) is 0.529. The van der Waals surface area contributed by atoms with Gasteiger partial charge in [0.15, 0.2) is 0 Å². The SMILES string of the molecule is [N-]=[N+]=NCCOCCOCCOCCNC(=O)c1ccc(C(=O)C(O)O)cc1. The van der Waals surface area contributed by atoms with Crippen LogP contribution in [0.15, 0.2) is 29.4 Å². The summed E-state index contributed by atoms with van der Waals surface area (Å²) in [5.74, 6) is -1.16. The van der Waals surface area contributed by atoms with Crippen molar-refractivity contribution < 1.29 is 34.0 Å². The Labute approximate surface area is 161 Å². The molecule has 11 heteroatoms. The van der Waals surface area contributed by atoms with E-state index in [0.29, 0.717) is 58.3 Å². The van der Waals surface area contributed by atoms with Crippen LogP contribution in [0.3, 0.4) is 0 Å². The van der Waals surface area contributed by atoms with Gasteiger partial charge in [0.1, 0.15) is 0 Å². The van der Waals surface area contributed by atoms with Gasteiger partial charge in [0.2, 0.25) is 12.1 Å². The standard InChI is InChI=1S/C17H24N4O7/c18-21-20-6-8-27-10-12-28-11-9-26-7-5-19-16(23)14-3-1-13(2-4-14)15(22)17(24)25/h1-4,17,24-25H,5-12H2,(H,19,23). The van der Waals surface area contributed by atoms with Crippen molar-refractivity contribution in [1.29, 1.82) is 0 Å². The summed E-state index contributed by atoms with van der Waals surface area (Å²) in [6.45, 7) is 2.82. The van der Waals surface area contributed by atoms with Crippen LogP contribution in [0.25, 0.3) is 10.4 Å². The van der Waals surface area contributed by atoms with Crippen molar-refractivity contribution in [3.63, 3.8) is 0 Å². The summed E-state index contributed by atoms with van der Waals surface area (Å²) in [4.78, 5) is 25.9. The molecule has 1 rings (SSSR count). The number of Topliss-reactive ketones (excluding diaryl/α,β-unsaturated/α-hetero) is 1. The number of carbonyl (C=O) groups excluding carboxylic acids is 2. The normalized spacial score (nSPS) is 10.5. The lowest BCUT2D eigenvalue weighted by Crippen LogP contribution is -2.27. The molecule has 0 radical (unpaired) electrons.